The lowest BCUT2D eigenvalue weighted by Crippen LogP contribution is -2.49. The van der Waals surface area contributed by atoms with E-state index in [0.717, 1.165) is 37.0 Å². The first kappa shape index (κ1) is 33.5. The van der Waals surface area contributed by atoms with Crippen LogP contribution in [0.5, 0.6) is 6.01 Å². The summed E-state index contributed by atoms with van der Waals surface area (Å²) in [5, 5.41) is -0.153. The molecule has 0 aliphatic carbocycles. The molecule has 238 valence electrons. The van der Waals surface area contributed by atoms with Crippen molar-refractivity contribution in [1.29, 1.82) is 0 Å². The molecule has 0 bridgehead atoms. The van der Waals surface area contributed by atoms with Crippen LogP contribution < -0.4 is 4.74 Å². The summed E-state index contributed by atoms with van der Waals surface area (Å²) < 4.78 is 80.0. The highest BCUT2D eigenvalue weighted by molar-refractivity contribution is 6.29. The Morgan fingerprint density at radius 2 is 1.64 bits per heavy atom. The molecule has 4 aromatic rings. The van der Waals surface area contributed by atoms with Crippen LogP contribution in [0, 0.1) is 12.8 Å². The number of piperidine rings is 1. The van der Waals surface area contributed by atoms with Crippen LogP contribution >= 0.6 is 11.6 Å². The van der Waals surface area contributed by atoms with Crippen molar-refractivity contribution in [2.45, 2.75) is 45.1 Å². The molecule has 0 aromatic carbocycles. The van der Waals surface area contributed by atoms with E-state index in [-0.39, 0.29) is 41.3 Å². The van der Waals surface area contributed by atoms with E-state index in [9.17, 15) is 31.1 Å². The van der Waals surface area contributed by atoms with E-state index in [1.807, 2.05) is 6.92 Å². The monoisotopic (exact) mass is 653 g/mol. The summed E-state index contributed by atoms with van der Waals surface area (Å²) in [6.07, 6.45) is -2.28. The molecule has 1 aliphatic heterocycles. The summed E-state index contributed by atoms with van der Waals surface area (Å²) in [7, 11) is 0. The fourth-order valence-electron chi connectivity index (χ4n) is 4.42. The first-order valence-electron chi connectivity index (χ1n) is 13.5. The van der Waals surface area contributed by atoms with Gasteiger partial charge in [-0.05, 0) is 62.1 Å². The smallest absolute Gasteiger partial charge is 0.433 e. The fourth-order valence-corrected chi connectivity index (χ4v) is 4.60. The molecular formula is C29H26ClF6N7O2. The van der Waals surface area contributed by atoms with Crippen molar-refractivity contribution in [3.63, 3.8) is 0 Å². The SMILES string of the molecule is Cc1ccc(-c2ncccn2)c(C(=O)N2C[C@@H](C)CC[C@H]2COc2nccc(C(F)(F)F)n2)n1.FC(F)(F)c1ccnc(Cl)c1. The molecule has 1 amide bonds. The number of alkyl halides is 6. The normalized spacial score (nSPS) is 16.9. The second kappa shape index (κ2) is 14.1. The van der Waals surface area contributed by atoms with Crippen LogP contribution in [-0.4, -0.2) is 59.9 Å². The zero-order valence-corrected chi connectivity index (χ0v) is 24.6. The summed E-state index contributed by atoms with van der Waals surface area (Å²) >= 11 is 5.24. The number of carbonyl (C=O) groups excluding carboxylic acids is 1. The molecule has 0 radical (unpaired) electrons. The number of aromatic nitrogens is 6. The van der Waals surface area contributed by atoms with Crippen LogP contribution in [0.15, 0.2) is 61.2 Å². The molecule has 16 heteroatoms. The molecule has 0 saturated carbocycles. The van der Waals surface area contributed by atoms with Crippen LogP contribution in [0.1, 0.15) is 47.2 Å². The molecule has 45 heavy (non-hydrogen) atoms. The highest BCUT2D eigenvalue weighted by atomic mass is 35.5. The molecule has 5 heterocycles. The van der Waals surface area contributed by atoms with Crippen molar-refractivity contribution in [2.24, 2.45) is 5.92 Å². The molecule has 1 fully saturated rings. The van der Waals surface area contributed by atoms with Gasteiger partial charge in [-0.3, -0.25) is 4.79 Å². The number of pyridine rings is 2. The third-order valence-electron chi connectivity index (χ3n) is 6.63. The van der Waals surface area contributed by atoms with Gasteiger partial charge in [-0.25, -0.2) is 24.9 Å². The van der Waals surface area contributed by atoms with Crippen LogP contribution in [0.2, 0.25) is 5.15 Å². The molecule has 1 aliphatic rings. The molecule has 4 aromatic heterocycles. The number of halogens is 7. The van der Waals surface area contributed by atoms with E-state index in [4.69, 9.17) is 16.3 Å². The van der Waals surface area contributed by atoms with Crippen molar-refractivity contribution in [3.8, 4) is 17.4 Å². The lowest BCUT2D eigenvalue weighted by Gasteiger charge is -2.38. The minimum atomic E-state index is -4.60. The molecule has 5 rings (SSSR count). The number of rotatable bonds is 5. The highest BCUT2D eigenvalue weighted by Gasteiger charge is 2.35. The fraction of sp³-hybridized carbons (Fsp3) is 0.345. The maximum Gasteiger partial charge on any atom is 0.433 e. The molecule has 1 saturated heterocycles. The molecule has 9 nitrogen and oxygen atoms in total. The van der Waals surface area contributed by atoms with Gasteiger partial charge in [-0.15, -0.1) is 0 Å². The highest BCUT2D eigenvalue weighted by Crippen LogP contribution is 2.31. The van der Waals surface area contributed by atoms with Gasteiger partial charge in [0.2, 0.25) is 0 Å². The van der Waals surface area contributed by atoms with E-state index in [1.165, 1.54) is 0 Å². The van der Waals surface area contributed by atoms with Crippen molar-refractivity contribution in [2.75, 3.05) is 13.2 Å². The number of hydrogen-bond acceptors (Lipinski definition) is 8. The van der Waals surface area contributed by atoms with Gasteiger partial charge in [-0.1, -0.05) is 18.5 Å². The summed E-state index contributed by atoms with van der Waals surface area (Å²) in [5.74, 6) is 0.316. The summed E-state index contributed by atoms with van der Waals surface area (Å²) in [6, 6.07) is 6.89. The van der Waals surface area contributed by atoms with Gasteiger partial charge in [0.05, 0.1) is 17.2 Å². The number of likely N-dealkylation sites (tertiary alicyclic amines) is 1. The van der Waals surface area contributed by atoms with Gasteiger partial charge in [-0.2, -0.15) is 31.3 Å². The summed E-state index contributed by atoms with van der Waals surface area (Å²) in [6.45, 7) is 4.25. The Bertz CT molecular complexity index is 1610. The van der Waals surface area contributed by atoms with Gasteiger partial charge in [0.25, 0.3) is 5.91 Å². The van der Waals surface area contributed by atoms with Gasteiger partial charge in [0.1, 0.15) is 17.5 Å². The summed E-state index contributed by atoms with van der Waals surface area (Å²) in [5.41, 5.74) is -0.467. The molecule has 0 N–H and O–H groups in total. The quantitative estimate of drug-likeness (QED) is 0.172. The number of nitrogens with zero attached hydrogens (tertiary/aromatic N) is 7. The zero-order chi connectivity index (χ0) is 32.8. The van der Waals surface area contributed by atoms with Gasteiger partial charge < -0.3 is 9.64 Å². The predicted octanol–water partition coefficient (Wildman–Crippen LogP) is 6.73. The van der Waals surface area contributed by atoms with Crippen LogP contribution in [-0.2, 0) is 12.4 Å². The lowest BCUT2D eigenvalue weighted by atomic mass is 9.93. The number of ether oxygens (including phenoxy) is 1. The number of hydrogen-bond donors (Lipinski definition) is 0. The van der Waals surface area contributed by atoms with E-state index in [1.54, 1.807) is 42.4 Å². The Hall–Kier alpha value is -4.40. The lowest BCUT2D eigenvalue weighted by molar-refractivity contribution is -0.141. The Balaban J connectivity index is 0.000000354. The van der Waals surface area contributed by atoms with Crippen molar-refractivity contribution < 1.29 is 35.9 Å². The largest absolute Gasteiger partial charge is 0.461 e. The molecule has 2 atom stereocenters. The van der Waals surface area contributed by atoms with Crippen molar-refractivity contribution in [3.05, 3.63) is 89.0 Å². The van der Waals surface area contributed by atoms with E-state index in [0.29, 0.717) is 30.0 Å². The van der Waals surface area contributed by atoms with E-state index < -0.39 is 23.6 Å². The minimum absolute atomic E-state index is 0.0389. The standard InChI is InChI=1S/C23H23F3N6O2.C6H3ClF3N/c1-14-4-6-16(13-34-22-29-11-8-18(31-22)23(24,25)26)32(12-14)21(33)19-17(7-5-15(2)30-19)20-27-9-3-10-28-20;7-5-3-4(1-2-11-5)6(8,9)10/h3,5,7-11,14,16H,4,6,12-13H2,1-2H3;1-3H/t14-,16-;/m0./s1. The van der Waals surface area contributed by atoms with Crippen LogP contribution in [0.4, 0.5) is 26.3 Å². The Kier molecular flexibility index (Phi) is 10.5. The van der Waals surface area contributed by atoms with Gasteiger partial charge >= 0.3 is 18.4 Å². The van der Waals surface area contributed by atoms with Crippen molar-refractivity contribution >= 4 is 17.5 Å². The average molecular weight is 654 g/mol. The maximum absolute atomic E-state index is 13.7. The zero-order valence-electron chi connectivity index (χ0n) is 23.8. The third-order valence-corrected chi connectivity index (χ3v) is 6.84. The first-order chi connectivity index (χ1) is 21.2. The maximum atomic E-state index is 13.7. The summed E-state index contributed by atoms with van der Waals surface area (Å²) in [4.78, 5) is 39.0. The number of amides is 1. The van der Waals surface area contributed by atoms with E-state index >= 15 is 0 Å². The Morgan fingerprint density at radius 1 is 0.933 bits per heavy atom. The minimum Gasteiger partial charge on any atom is -0.461 e. The Morgan fingerprint density at radius 3 is 2.29 bits per heavy atom. The van der Waals surface area contributed by atoms with Crippen LogP contribution in [0.3, 0.4) is 0 Å². The number of carbonyl (C=O) groups is 1. The first-order valence-corrected chi connectivity index (χ1v) is 13.9. The second-order valence-corrected chi connectivity index (χ2v) is 10.5. The van der Waals surface area contributed by atoms with Crippen molar-refractivity contribution in [1.82, 2.24) is 34.8 Å². The topological polar surface area (TPSA) is 107 Å². The molecular weight excluding hydrogens is 628 g/mol. The average Bonchev–Trinajstić information content (AvgIpc) is 3.00. The number of aryl methyl sites for hydroxylation is 1. The Labute approximate surface area is 258 Å². The second-order valence-electron chi connectivity index (χ2n) is 10.1. The molecule has 0 spiro atoms. The predicted molar refractivity (Wildman–Crippen MR) is 150 cm³/mol. The molecule has 0 unspecified atom stereocenters. The van der Waals surface area contributed by atoms with E-state index in [2.05, 4.69) is 29.9 Å². The van der Waals surface area contributed by atoms with Gasteiger partial charge in [0, 0.05) is 37.0 Å². The third kappa shape index (κ3) is 9.06. The van der Waals surface area contributed by atoms with Gasteiger partial charge in [0.15, 0.2) is 11.5 Å². The van der Waals surface area contributed by atoms with Crippen LogP contribution in [0.25, 0.3) is 11.4 Å².